The molecule has 0 aliphatic carbocycles. The predicted molar refractivity (Wildman–Crippen MR) is 198 cm³/mol. The molecular weight excluding hydrogens is 538 g/mol. The van der Waals surface area contributed by atoms with Gasteiger partial charge in [0.1, 0.15) is 0 Å². The standard InChI is InChI=1S/C41H85NO2/c1-3-5-7-9-11-13-15-17-19-21-23-25-27-29-31-33-35-41(42(37-39-43)38-40-44)36-34-32-30-28-26-24-22-20-18-16-14-12-10-8-6-4-2/h41,43-44H,3-40H2,1-2H3. The summed E-state index contributed by atoms with van der Waals surface area (Å²) in [5.74, 6) is 0. The third kappa shape index (κ3) is 33.2. The first kappa shape index (κ1) is 43.9. The summed E-state index contributed by atoms with van der Waals surface area (Å²) < 4.78 is 0. The Balaban J connectivity index is 3.78. The molecular formula is C41H85NO2. The van der Waals surface area contributed by atoms with Crippen molar-refractivity contribution >= 4 is 0 Å². The van der Waals surface area contributed by atoms with Crippen molar-refractivity contribution in [1.29, 1.82) is 0 Å². The van der Waals surface area contributed by atoms with E-state index in [-0.39, 0.29) is 13.2 Å². The molecule has 266 valence electrons. The molecule has 0 saturated carbocycles. The highest BCUT2D eigenvalue weighted by molar-refractivity contribution is 4.72. The van der Waals surface area contributed by atoms with Crippen molar-refractivity contribution in [2.24, 2.45) is 0 Å². The van der Waals surface area contributed by atoms with Gasteiger partial charge in [0.05, 0.1) is 13.2 Å². The van der Waals surface area contributed by atoms with Crippen LogP contribution >= 0.6 is 0 Å². The Kier molecular flexibility index (Phi) is 39.0. The van der Waals surface area contributed by atoms with Gasteiger partial charge in [-0.15, -0.1) is 0 Å². The molecule has 2 N–H and O–H groups in total. The van der Waals surface area contributed by atoms with Crippen molar-refractivity contribution in [1.82, 2.24) is 4.90 Å². The van der Waals surface area contributed by atoms with Crippen LogP contribution in [0.5, 0.6) is 0 Å². The van der Waals surface area contributed by atoms with Crippen LogP contribution in [0.1, 0.15) is 232 Å². The zero-order chi connectivity index (χ0) is 32.0. The first-order valence-electron chi connectivity index (χ1n) is 20.8. The number of nitrogens with zero attached hydrogens (tertiary/aromatic N) is 1. The summed E-state index contributed by atoms with van der Waals surface area (Å²) >= 11 is 0. The van der Waals surface area contributed by atoms with E-state index in [1.165, 1.54) is 218 Å². The van der Waals surface area contributed by atoms with Crippen molar-refractivity contribution in [3.05, 3.63) is 0 Å². The summed E-state index contributed by atoms with van der Waals surface area (Å²) in [6.45, 7) is 6.42. The van der Waals surface area contributed by atoms with Gasteiger partial charge in [0.2, 0.25) is 0 Å². The Labute approximate surface area is 279 Å². The molecule has 3 heteroatoms. The van der Waals surface area contributed by atoms with Crippen LogP contribution in [0.15, 0.2) is 0 Å². The van der Waals surface area contributed by atoms with Gasteiger partial charge in [-0.1, -0.05) is 219 Å². The van der Waals surface area contributed by atoms with Crippen molar-refractivity contribution in [2.45, 2.75) is 238 Å². The lowest BCUT2D eigenvalue weighted by atomic mass is 9.98. The number of hydrogen-bond donors (Lipinski definition) is 2. The number of unbranched alkanes of at least 4 members (excludes halogenated alkanes) is 30. The summed E-state index contributed by atoms with van der Waals surface area (Å²) in [6, 6.07) is 0.535. The van der Waals surface area contributed by atoms with Crippen LogP contribution in [-0.4, -0.2) is 47.5 Å². The van der Waals surface area contributed by atoms with Gasteiger partial charge in [-0.05, 0) is 12.8 Å². The lowest BCUT2D eigenvalue weighted by molar-refractivity contribution is 0.109. The molecule has 0 radical (unpaired) electrons. The lowest BCUT2D eigenvalue weighted by Crippen LogP contribution is -2.39. The molecule has 0 unspecified atom stereocenters. The number of hydrogen-bond acceptors (Lipinski definition) is 3. The molecule has 0 aliphatic rings. The Bertz CT molecular complexity index is 457. The molecule has 0 heterocycles. The van der Waals surface area contributed by atoms with E-state index >= 15 is 0 Å². The minimum atomic E-state index is 0.203. The zero-order valence-electron chi connectivity index (χ0n) is 30.8. The average Bonchev–Trinajstić information content (AvgIpc) is 3.03. The van der Waals surface area contributed by atoms with Crippen LogP contribution < -0.4 is 0 Å². The lowest BCUT2D eigenvalue weighted by Gasteiger charge is -2.31. The fourth-order valence-electron chi connectivity index (χ4n) is 7.10. The smallest absolute Gasteiger partial charge is 0.0558 e. The summed E-state index contributed by atoms with van der Waals surface area (Å²) in [6.07, 6.45) is 47.8. The number of aliphatic hydroxyl groups excluding tert-OH is 2. The minimum absolute atomic E-state index is 0.203. The van der Waals surface area contributed by atoms with Gasteiger partial charge in [-0.25, -0.2) is 0 Å². The molecule has 0 aromatic rings. The average molecular weight is 624 g/mol. The molecule has 0 rings (SSSR count). The molecule has 0 aromatic carbocycles. The van der Waals surface area contributed by atoms with Crippen LogP contribution in [0.2, 0.25) is 0 Å². The maximum Gasteiger partial charge on any atom is 0.0558 e. The normalized spacial score (nSPS) is 11.9. The van der Waals surface area contributed by atoms with Crippen molar-refractivity contribution in [3.63, 3.8) is 0 Å². The third-order valence-electron chi connectivity index (χ3n) is 10.1. The second-order valence-corrected chi connectivity index (χ2v) is 14.3. The van der Waals surface area contributed by atoms with Crippen molar-refractivity contribution in [3.8, 4) is 0 Å². The molecule has 0 amide bonds. The number of aliphatic hydroxyl groups is 2. The first-order chi connectivity index (χ1) is 21.8. The fourth-order valence-corrected chi connectivity index (χ4v) is 7.10. The van der Waals surface area contributed by atoms with Gasteiger partial charge in [-0.3, -0.25) is 4.90 Å². The summed E-state index contributed by atoms with van der Waals surface area (Å²) in [7, 11) is 0. The van der Waals surface area contributed by atoms with Gasteiger partial charge in [0, 0.05) is 19.1 Å². The first-order valence-corrected chi connectivity index (χ1v) is 20.8. The van der Waals surface area contributed by atoms with Gasteiger partial charge >= 0.3 is 0 Å². The SMILES string of the molecule is CCCCCCCCCCCCCCCCCCC(CCCCCCCCCCCCCCCCCC)N(CCO)CCO. The van der Waals surface area contributed by atoms with Crippen LogP contribution in [0, 0.1) is 0 Å². The third-order valence-corrected chi connectivity index (χ3v) is 10.1. The quantitative estimate of drug-likeness (QED) is 0.0669. The van der Waals surface area contributed by atoms with Gasteiger partial charge in [-0.2, -0.15) is 0 Å². The van der Waals surface area contributed by atoms with Gasteiger partial charge < -0.3 is 10.2 Å². The minimum Gasteiger partial charge on any atom is -0.395 e. The van der Waals surface area contributed by atoms with E-state index in [0.717, 1.165) is 0 Å². The second-order valence-electron chi connectivity index (χ2n) is 14.3. The van der Waals surface area contributed by atoms with E-state index < -0.39 is 0 Å². The highest BCUT2D eigenvalue weighted by atomic mass is 16.3. The van der Waals surface area contributed by atoms with Crippen molar-refractivity contribution < 1.29 is 10.2 Å². The van der Waals surface area contributed by atoms with Gasteiger partial charge in [0.25, 0.3) is 0 Å². The van der Waals surface area contributed by atoms with Crippen LogP contribution in [0.25, 0.3) is 0 Å². The highest BCUT2D eigenvalue weighted by Crippen LogP contribution is 2.20. The molecule has 0 bridgehead atoms. The summed E-state index contributed by atoms with van der Waals surface area (Å²) in [4.78, 5) is 2.37. The Morgan fingerprint density at radius 2 is 0.523 bits per heavy atom. The number of rotatable bonds is 39. The molecule has 0 aliphatic heterocycles. The maximum absolute atomic E-state index is 9.61. The van der Waals surface area contributed by atoms with Crippen molar-refractivity contribution in [2.75, 3.05) is 26.3 Å². The summed E-state index contributed by atoms with van der Waals surface area (Å²) in [5, 5.41) is 19.2. The highest BCUT2D eigenvalue weighted by Gasteiger charge is 2.17. The largest absolute Gasteiger partial charge is 0.395 e. The maximum atomic E-state index is 9.61. The Morgan fingerprint density at radius 3 is 0.727 bits per heavy atom. The molecule has 0 atom stereocenters. The molecule has 0 spiro atoms. The van der Waals surface area contributed by atoms with Crippen LogP contribution in [0.3, 0.4) is 0 Å². The predicted octanol–water partition coefficient (Wildman–Crippen LogP) is 12.9. The molecule has 0 aromatic heterocycles. The van der Waals surface area contributed by atoms with E-state index in [1.807, 2.05) is 0 Å². The van der Waals surface area contributed by atoms with E-state index in [1.54, 1.807) is 0 Å². The van der Waals surface area contributed by atoms with E-state index in [9.17, 15) is 10.2 Å². The van der Waals surface area contributed by atoms with Crippen LogP contribution in [0.4, 0.5) is 0 Å². The monoisotopic (exact) mass is 624 g/mol. The molecule has 44 heavy (non-hydrogen) atoms. The molecule has 3 nitrogen and oxygen atoms in total. The van der Waals surface area contributed by atoms with E-state index in [2.05, 4.69) is 18.7 Å². The fraction of sp³-hybridized carbons (Fsp3) is 1.00. The van der Waals surface area contributed by atoms with E-state index in [0.29, 0.717) is 19.1 Å². The van der Waals surface area contributed by atoms with E-state index in [4.69, 9.17) is 0 Å². The summed E-state index contributed by atoms with van der Waals surface area (Å²) in [5.41, 5.74) is 0. The van der Waals surface area contributed by atoms with Crippen LogP contribution in [-0.2, 0) is 0 Å². The zero-order valence-corrected chi connectivity index (χ0v) is 30.8. The Morgan fingerprint density at radius 1 is 0.318 bits per heavy atom. The van der Waals surface area contributed by atoms with Gasteiger partial charge in [0.15, 0.2) is 0 Å². The molecule has 0 fully saturated rings. The Hall–Kier alpha value is -0.120. The molecule has 0 saturated heterocycles. The topological polar surface area (TPSA) is 43.7 Å². The second kappa shape index (κ2) is 39.1.